The third kappa shape index (κ3) is 2.20. The number of pyridine rings is 1. The van der Waals surface area contributed by atoms with E-state index in [1.54, 1.807) is 0 Å². The second-order valence-corrected chi connectivity index (χ2v) is 2.92. The number of hydrogen-bond acceptors (Lipinski definition) is 3. The molecule has 0 aromatic carbocycles. The van der Waals surface area contributed by atoms with Gasteiger partial charge in [-0.3, -0.25) is 0 Å². The van der Waals surface area contributed by atoms with Gasteiger partial charge < -0.3 is 10.6 Å². The van der Waals surface area contributed by atoms with E-state index in [2.05, 4.69) is 4.98 Å². The van der Waals surface area contributed by atoms with Gasteiger partial charge in [-0.05, 0) is 18.7 Å². The Hall–Kier alpha value is -1.09. The van der Waals surface area contributed by atoms with E-state index in [0.29, 0.717) is 6.54 Å². The number of nitrogens with two attached hydrogens (primary N) is 1. The highest BCUT2D eigenvalue weighted by molar-refractivity contribution is 5.36. The molecule has 0 radical (unpaired) electrons. The smallest absolute Gasteiger partial charge is 0.128 e. The van der Waals surface area contributed by atoms with Gasteiger partial charge in [0, 0.05) is 26.2 Å². The van der Waals surface area contributed by atoms with Crippen LogP contribution < -0.4 is 10.6 Å². The SMILES string of the molecule is CN(C)c1cccc(CCN)n1. The van der Waals surface area contributed by atoms with E-state index in [1.807, 2.05) is 37.2 Å². The average Bonchev–Trinajstić information content (AvgIpc) is 2.05. The molecule has 2 N–H and O–H groups in total. The molecule has 0 unspecified atom stereocenters. The molecular weight excluding hydrogens is 150 g/mol. The van der Waals surface area contributed by atoms with E-state index in [0.717, 1.165) is 17.9 Å². The monoisotopic (exact) mass is 165 g/mol. The van der Waals surface area contributed by atoms with Crippen LogP contribution >= 0.6 is 0 Å². The summed E-state index contributed by atoms with van der Waals surface area (Å²) < 4.78 is 0. The van der Waals surface area contributed by atoms with Crippen molar-refractivity contribution in [1.29, 1.82) is 0 Å². The zero-order valence-corrected chi connectivity index (χ0v) is 7.62. The number of hydrogen-bond donors (Lipinski definition) is 1. The molecule has 0 saturated heterocycles. The van der Waals surface area contributed by atoms with Crippen molar-refractivity contribution in [3.8, 4) is 0 Å². The van der Waals surface area contributed by atoms with Crippen LogP contribution in [0.25, 0.3) is 0 Å². The molecule has 1 heterocycles. The van der Waals surface area contributed by atoms with E-state index in [9.17, 15) is 0 Å². The summed E-state index contributed by atoms with van der Waals surface area (Å²) in [5.74, 6) is 0.987. The zero-order valence-electron chi connectivity index (χ0n) is 7.62. The van der Waals surface area contributed by atoms with Crippen molar-refractivity contribution in [2.24, 2.45) is 5.73 Å². The molecule has 66 valence electrons. The van der Waals surface area contributed by atoms with Crippen LogP contribution in [0.1, 0.15) is 5.69 Å². The Morgan fingerprint density at radius 2 is 2.17 bits per heavy atom. The molecule has 0 aliphatic heterocycles. The van der Waals surface area contributed by atoms with Crippen LogP contribution in [0.4, 0.5) is 5.82 Å². The van der Waals surface area contributed by atoms with Crippen molar-refractivity contribution >= 4 is 5.82 Å². The minimum absolute atomic E-state index is 0.657. The Kier molecular flexibility index (Phi) is 3.05. The summed E-state index contributed by atoms with van der Waals surface area (Å²) in [5, 5.41) is 0. The van der Waals surface area contributed by atoms with E-state index < -0.39 is 0 Å². The molecule has 0 spiro atoms. The number of rotatable bonds is 3. The van der Waals surface area contributed by atoms with Crippen LogP contribution in [0.5, 0.6) is 0 Å². The van der Waals surface area contributed by atoms with Gasteiger partial charge in [-0.25, -0.2) is 4.98 Å². The lowest BCUT2D eigenvalue weighted by atomic mass is 10.2. The number of nitrogens with zero attached hydrogens (tertiary/aromatic N) is 2. The van der Waals surface area contributed by atoms with Gasteiger partial charge in [-0.2, -0.15) is 0 Å². The van der Waals surface area contributed by atoms with E-state index in [-0.39, 0.29) is 0 Å². The summed E-state index contributed by atoms with van der Waals surface area (Å²) in [6.07, 6.45) is 0.849. The fourth-order valence-corrected chi connectivity index (χ4v) is 1.00. The number of aromatic nitrogens is 1. The minimum atomic E-state index is 0.657. The molecule has 3 heteroatoms. The molecule has 12 heavy (non-hydrogen) atoms. The second kappa shape index (κ2) is 4.07. The van der Waals surface area contributed by atoms with Crippen LogP contribution in [0.15, 0.2) is 18.2 Å². The van der Waals surface area contributed by atoms with Gasteiger partial charge in [0.15, 0.2) is 0 Å². The maximum absolute atomic E-state index is 5.43. The van der Waals surface area contributed by atoms with Crippen molar-refractivity contribution in [1.82, 2.24) is 4.98 Å². The van der Waals surface area contributed by atoms with Crippen LogP contribution in [0, 0.1) is 0 Å². The first-order valence-corrected chi connectivity index (χ1v) is 4.07. The van der Waals surface area contributed by atoms with Gasteiger partial charge in [0.05, 0.1) is 0 Å². The van der Waals surface area contributed by atoms with Crippen molar-refractivity contribution in [3.63, 3.8) is 0 Å². The zero-order chi connectivity index (χ0) is 8.97. The lowest BCUT2D eigenvalue weighted by Gasteiger charge is -2.11. The summed E-state index contributed by atoms with van der Waals surface area (Å²) in [6.45, 7) is 0.657. The highest BCUT2D eigenvalue weighted by Gasteiger charge is 1.97. The molecule has 3 nitrogen and oxygen atoms in total. The summed E-state index contributed by atoms with van der Waals surface area (Å²) >= 11 is 0. The molecule has 0 amide bonds. The predicted octanol–water partition coefficient (Wildman–Crippen LogP) is 0.649. The minimum Gasteiger partial charge on any atom is -0.363 e. The fourth-order valence-electron chi connectivity index (χ4n) is 1.00. The Labute approximate surface area is 73.2 Å². The quantitative estimate of drug-likeness (QED) is 0.715. The topological polar surface area (TPSA) is 42.1 Å². The lowest BCUT2D eigenvalue weighted by Crippen LogP contribution is -2.12. The summed E-state index contributed by atoms with van der Waals surface area (Å²) in [7, 11) is 3.96. The van der Waals surface area contributed by atoms with Gasteiger partial charge in [-0.1, -0.05) is 6.07 Å². The summed E-state index contributed by atoms with van der Waals surface area (Å²) in [5.41, 5.74) is 6.49. The van der Waals surface area contributed by atoms with Gasteiger partial charge in [0.2, 0.25) is 0 Å². The first-order valence-electron chi connectivity index (χ1n) is 4.07. The normalized spacial score (nSPS) is 9.92. The van der Waals surface area contributed by atoms with Crippen LogP contribution in [0.3, 0.4) is 0 Å². The third-order valence-corrected chi connectivity index (χ3v) is 1.65. The molecule has 0 aliphatic rings. The maximum atomic E-state index is 5.43. The largest absolute Gasteiger partial charge is 0.363 e. The van der Waals surface area contributed by atoms with Crippen LogP contribution in [-0.2, 0) is 6.42 Å². The second-order valence-electron chi connectivity index (χ2n) is 2.92. The van der Waals surface area contributed by atoms with E-state index in [1.165, 1.54) is 0 Å². The first kappa shape index (κ1) is 9.00. The van der Waals surface area contributed by atoms with Gasteiger partial charge in [0.1, 0.15) is 5.82 Å². The standard InChI is InChI=1S/C9H15N3/c1-12(2)9-5-3-4-8(11-9)6-7-10/h3-5H,6-7,10H2,1-2H3. The third-order valence-electron chi connectivity index (χ3n) is 1.65. The Morgan fingerprint density at radius 3 is 2.75 bits per heavy atom. The lowest BCUT2D eigenvalue weighted by molar-refractivity contribution is 0.912. The molecular formula is C9H15N3. The predicted molar refractivity (Wildman–Crippen MR) is 51.3 cm³/mol. The van der Waals surface area contributed by atoms with Crippen molar-refractivity contribution in [2.75, 3.05) is 25.5 Å². The summed E-state index contributed by atoms with van der Waals surface area (Å²) in [6, 6.07) is 5.99. The van der Waals surface area contributed by atoms with Gasteiger partial charge in [-0.15, -0.1) is 0 Å². The number of anilines is 1. The Morgan fingerprint density at radius 1 is 1.42 bits per heavy atom. The van der Waals surface area contributed by atoms with Crippen LogP contribution in [0.2, 0.25) is 0 Å². The summed E-state index contributed by atoms with van der Waals surface area (Å²) in [4.78, 5) is 6.39. The van der Waals surface area contributed by atoms with Crippen molar-refractivity contribution in [2.45, 2.75) is 6.42 Å². The van der Waals surface area contributed by atoms with Crippen molar-refractivity contribution < 1.29 is 0 Å². The average molecular weight is 165 g/mol. The highest BCUT2D eigenvalue weighted by atomic mass is 15.1. The van der Waals surface area contributed by atoms with Gasteiger partial charge in [0.25, 0.3) is 0 Å². The van der Waals surface area contributed by atoms with E-state index >= 15 is 0 Å². The molecule has 1 rings (SSSR count). The molecule has 0 saturated carbocycles. The van der Waals surface area contributed by atoms with Crippen LogP contribution in [-0.4, -0.2) is 25.6 Å². The molecule has 0 bridgehead atoms. The molecule has 0 fully saturated rings. The highest BCUT2D eigenvalue weighted by Crippen LogP contribution is 2.07. The Balaban J connectivity index is 2.81. The molecule has 1 aromatic rings. The maximum Gasteiger partial charge on any atom is 0.128 e. The van der Waals surface area contributed by atoms with E-state index in [4.69, 9.17) is 5.73 Å². The molecule has 1 aromatic heterocycles. The van der Waals surface area contributed by atoms with Gasteiger partial charge >= 0.3 is 0 Å². The fraction of sp³-hybridized carbons (Fsp3) is 0.444. The Bertz CT molecular complexity index is 245. The molecule has 0 atom stereocenters. The first-order chi connectivity index (χ1) is 5.74. The molecule has 0 aliphatic carbocycles. The van der Waals surface area contributed by atoms with Crippen molar-refractivity contribution in [3.05, 3.63) is 23.9 Å².